The Morgan fingerprint density at radius 1 is 1.47 bits per heavy atom. The maximum atomic E-state index is 11.0. The van der Waals surface area contributed by atoms with Gasteiger partial charge in [-0.2, -0.15) is 0 Å². The lowest BCUT2D eigenvalue weighted by Crippen LogP contribution is -2.11. The van der Waals surface area contributed by atoms with E-state index in [1.165, 1.54) is 0 Å². The number of aliphatic hydroxyl groups excluding tert-OH is 1. The van der Waals surface area contributed by atoms with Crippen molar-refractivity contribution in [2.45, 2.75) is 46.1 Å². The molecule has 1 fully saturated rings. The Hall–Kier alpha value is -0.890. The zero-order valence-electron chi connectivity index (χ0n) is 10.9. The first kappa shape index (κ1) is 12.6. The zero-order chi connectivity index (χ0) is 12.6. The summed E-state index contributed by atoms with van der Waals surface area (Å²) in [5, 5.41) is 10.1. The molecule has 0 spiro atoms. The van der Waals surface area contributed by atoms with E-state index < -0.39 is 0 Å². The molecule has 0 radical (unpaired) electrons. The smallest absolute Gasteiger partial charge is 0.145 e. The van der Waals surface area contributed by atoms with Crippen molar-refractivity contribution in [2.75, 3.05) is 0 Å². The fraction of sp³-hybridized carbons (Fsp3) is 0.667. The molecule has 17 heavy (non-hydrogen) atoms. The maximum absolute atomic E-state index is 11.0. The molecule has 0 amide bonds. The molecule has 2 aliphatic carbocycles. The van der Waals surface area contributed by atoms with Gasteiger partial charge in [0.25, 0.3) is 0 Å². The number of aldehydes is 1. The zero-order valence-corrected chi connectivity index (χ0v) is 10.9. The van der Waals surface area contributed by atoms with Crippen LogP contribution < -0.4 is 0 Å². The summed E-state index contributed by atoms with van der Waals surface area (Å²) in [4.78, 5) is 11.0. The van der Waals surface area contributed by atoms with E-state index in [9.17, 15) is 9.90 Å². The van der Waals surface area contributed by atoms with E-state index in [4.69, 9.17) is 0 Å². The van der Waals surface area contributed by atoms with Gasteiger partial charge in [-0.25, -0.2) is 0 Å². The summed E-state index contributed by atoms with van der Waals surface area (Å²) in [5.41, 5.74) is 2.21. The minimum atomic E-state index is -0.310. The fourth-order valence-electron chi connectivity index (χ4n) is 3.01. The molecule has 94 valence electrons. The van der Waals surface area contributed by atoms with E-state index in [1.807, 2.05) is 6.92 Å². The molecule has 0 aromatic rings. The minimum Gasteiger partial charge on any atom is -0.389 e. The highest BCUT2D eigenvalue weighted by atomic mass is 16.3. The first-order valence-corrected chi connectivity index (χ1v) is 6.47. The van der Waals surface area contributed by atoms with Crippen LogP contribution >= 0.6 is 0 Å². The highest BCUT2D eigenvalue weighted by molar-refractivity contribution is 5.73. The normalized spacial score (nSPS) is 42.5. The van der Waals surface area contributed by atoms with Crippen molar-refractivity contribution < 1.29 is 9.90 Å². The maximum Gasteiger partial charge on any atom is 0.145 e. The molecule has 3 atom stereocenters. The molecule has 2 rings (SSSR count). The number of hydrogen-bond acceptors (Lipinski definition) is 2. The molecule has 0 saturated heterocycles. The summed E-state index contributed by atoms with van der Waals surface area (Å²) < 4.78 is 0. The topological polar surface area (TPSA) is 37.3 Å². The van der Waals surface area contributed by atoms with Crippen LogP contribution in [0.25, 0.3) is 0 Å². The van der Waals surface area contributed by atoms with Crippen molar-refractivity contribution >= 4 is 6.29 Å². The molecule has 2 aliphatic rings. The average molecular weight is 234 g/mol. The second-order valence-electron chi connectivity index (χ2n) is 6.05. The molecule has 0 aromatic carbocycles. The third kappa shape index (κ3) is 2.37. The summed E-state index contributed by atoms with van der Waals surface area (Å²) >= 11 is 0. The predicted molar refractivity (Wildman–Crippen MR) is 68.5 cm³/mol. The van der Waals surface area contributed by atoms with Crippen molar-refractivity contribution in [1.29, 1.82) is 0 Å². The van der Waals surface area contributed by atoms with E-state index in [-0.39, 0.29) is 11.5 Å². The van der Waals surface area contributed by atoms with E-state index in [1.54, 1.807) is 0 Å². The third-order valence-corrected chi connectivity index (χ3v) is 4.59. The molecule has 0 bridgehead atoms. The van der Waals surface area contributed by atoms with E-state index >= 15 is 0 Å². The number of aliphatic hydroxyl groups is 1. The number of carbonyl (C=O) groups is 1. The van der Waals surface area contributed by atoms with Crippen molar-refractivity contribution in [2.24, 2.45) is 17.3 Å². The van der Waals surface area contributed by atoms with Crippen LogP contribution in [0, 0.1) is 17.3 Å². The molecular formula is C15H22O2. The van der Waals surface area contributed by atoms with Crippen LogP contribution in [0.5, 0.6) is 0 Å². The first-order valence-electron chi connectivity index (χ1n) is 6.47. The molecule has 0 unspecified atom stereocenters. The molecule has 0 aromatic heterocycles. The average Bonchev–Trinajstić information content (AvgIpc) is 2.78. The van der Waals surface area contributed by atoms with Crippen LogP contribution in [-0.4, -0.2) is 17.5 Å². The Bertz CT molecular complexity index is 376. The van der Waals surface area contributed by atoms with Gasteiger partial charge in [-0.15, -0.1) is 0 Å². The van der Waals surface area contributed by atoms with Gasteiger partial charge in [0.05, 0.1) is 6.10 Å². The molecule has 1 N–H and O–H groups in total. The van der Waals surface area contributed by atoms with Gasteiger partial charge in [-0.1, -0.05) is 26.0 Å². The Kier molecular flexibility index (Phi) is 3.26. The first-order chi connectivity index (χ1) is 7.96. The van der Waals surface area contributed by atoms with Crippen molar-refractivity contribution in [1.82, 2.24) is 0 Å². The third-order valence-electron chi connectivity index (χ3n) is 4.59. The number of rotatable bonds is 1. The van der Waals surface area contributed by atoms with Crippen molar-refractivity contribution in [3.8, 4) is 0 Å². The van der Waals surface area contributed by atoms with Crippen LogP contribution in [-0.2, 0) is 4.79 Å². The van der Waals surface area contributed by atoms with Gasteiger partial charge in [0.2, 0.25) is 0 Å². The van der Waals surface area contributed by atoms with Crippen LogP contribution in [0.2, 0.25) is 0 Å². The van der Waals surface area contributed by atoms with Gasteiger partial charge in [0.1, 0.15) is 6.29 Å². The van der Waals surface area contributed by atoms with Crippen LogP contribution in [0.15, 0.2) is 23.3 Å². The standard InChI is InChI=1S/C15H22O2/c1-10-5-4-6-11(9-16)7-12-13(8-14(10)17)15(12,2)3/h5,7,9,12-14,17H,4,6,8H2,1-3H3/b10-5-,11-7+/t12-,13+,14+/m0/s1. The molecule has 0 aliphatic heterocycles. The molecule has 2 nitrogen and oxygen atoms in total. The Balaban J connectivity index is 2.23. The highest BCUT2D eigenvalue weighted by Crippen LogP contribution is 2.61. The number of allylic oxidation sites excluding steroid dienone is 3. The SMILES string of the molecule is C/C1=C/CC/C(C=O)=C\[C@H]2[C@@H](C[C@H]1O)C2(C)C. The Morgan fingerprint density at radius 3 is 2.82 bits per heavy atom. The van der Waals surface area contributed by atoms with Crippen LogP contribution in [0.3, 0.4) is 0 Å². The largest absolute Gasteiger partial charge is 0.389 e. The van der Waals surface area contributed by atoms with E-state index in [0.29, 0.717) is 11.8 Å². The number of fused-ring (bicyclic) bond motifs is 1. The molecular weight excluding hydrogens is 212 g/mol. The van der Waals surface area contributed by atoms with Gasteiger partial charge in [-0.05, 0) is 54.6 Å². The second-order valence-corrected chi connectivity index (χ2v) is 6.05. The number of carbonyl (C=O) groups excluding carboxylic acids is 1. The monoisotopic (exact) mass is 234 g/mol. The summed E-state index contributed by atoms with van der Waals surface area (Å²) in [5.74, 6) is 0.970. The lowest BCUT2D eigenvalue weighted by atomic mass is 9.98. The van der Waals surface area contributed by atoms with Crippen molar-refractivity contribution in [3.05, 3.63) is 23.3 Å². The van der Waals surface area contributed by atoms with Crippen LogP contribution in [0.1, 0.15) is 40.0 Å². The summed E-state index contributed by atoms with van der Waals surface area (Å²) in [7, 11) is 0. The minimum absolute atomic E-state index is 0.236. The van der Waals surface area contributed by atoms with Gasteiger partial charge in [0, 0.05) is 0 Å². The van der Waals surface area contributed by atoms with Gasteiger partial charge in [-0.3, -0.25) is 4.79 Å². The Labute approximate surface area is 103 Å². The fourth-order valence-corrected chi connectivity index (χ4v) is 3.01. The summed E-state index contributed by atoms with van der Waals surface area (Å²) in [6.45, 7) is 6.44. The van der Waals surface area contributed by atoms with Gasteiger partial charge >= 0.3 is 0 Å². The molecule has 2 heteroatoms. The Morgan fingerprint density at radius 2 is 2.18 bits per heavy atom. The second kappa shape index (κ2) is 4.41. The quantitative estimate of drug-likeness (QED) is 0.559. The molecule has 0 heterocycles. The highest BCUT2D eigenvalue weighted by Gasteiger charge is 2.56. The van der Waals surface area contributed by atoms with Gasteiger partial charge < -0.3 is 5.11 Å². The predicted octanol–water partition coefficient (Wildman–Crippen LogP) is 2.88. The van der Waals surface area contributed by atoms with E-state index in [0.717, 1.165) is 36.7 Å². The summed E-state index contributed by atoms with van der Waals surface area (Å²) in [6.07, 6.45) is 7.36. The summed E-state index contributed by atoms with van der Waals surface area (Å²) in [6, 6.07) is 0. The number of hydrogen-bond donors (Lipinski definition) is 1. The lowest BCUT2D eigenvalue weighted by molar-refractivity contribution is -0.105. The van der Waals surface area contributed by atoms with Crippen molar-refractivity contribution in [3.63, 3.8) is 0 Å². The van der Waals surface area contributed by atoms with Gasteiger partial charge in [0.15, 0.2) is 0 Å². The van der Waals surface area contributed by atoms with E-state index in [2.05, 4.69) is 26.0 Å². The lowest BCUT2D eigenvalue weighted by Gasteiger charge is -2.13. The molecule has 1 saturated carbocycles. The van der Waals surface area contributed by atoms with Crippen LogP contribution in [0.4, 0.5) is 0 Å².